The molecule has 0 aliphatic carbocycles. The molecule has 0 aliphatic heterocycles. The monoisotopic (exact) mass is 248 g/mol. The van der Waals surface area contributed by atoms with Gasteiger partial charge in [-0.25, -0.2) is 19.4 Å². The zero-order chi connectivity index (χ0) is 13.3. The van der Waals surface area contributed by atoms with E-state index in [0.29, 0.717) is 19.4 Å². The van der Waals surface area contributed by atoms with Gasteiger partial charge < -0.3 is 16.6 Å². The summed E-state index contributed by atoms with van der Waals surface area (Å²) in [5, 5.41) is 8.86. The average molecular weight is 248 g/mol. The summed E-state index contributed by atoms with van der Waals surface area (Å²) in [4.78, 5) is 30.6. The highest BCUT2D eigenvalue weighted by Gasteiger charge is 2.18. The third-order valence-corrected chi connectivity index (χ3v) is 1.95. The summed E-state index contributed by atoms with van der Waals surface area (Å²) in [5.74, 6) is -1.62. The molecular weight excluding hydrogens is 228 g/mol. The number of aliphatic hydroxyl groups excluding tert-OH is 1. The quantitative estimate of drug-likeness (QED) is 0.306. The first kappa shape index (κ1) is 15.8. The van der Waals surface area contributed by atoms with Gasteiger partial charge in [-0.15, -0.1) is 0 Å². The third kappa shape index (κ3) is 8.61. The maximum atomic E-state index is 11.2. The Hall–Kier alpha value is -1.18. The largest absolute Gasteiger partial charge is 0.393 e. The molecule has 7 heteroatoms. The summed E-state index contributed by atoms with van der Waals surface area (Å²) in [6.45, 7) is 1.95. The van der Waals surface area contributed by atoms with Crippen molar-refractivity contribution in [1.29, 1.82) is 0 Å². The molecule has 0 rings (SSSR count). The number of aliphatic hydroxyl groups is 1. The second-order valence-corrected chi connectivity index (χ2v) is 3.80. The zero-order valence-electron chi connectivity index (χ0n) is 9.93. The molecule has 0 aromatic rings. The van der Waals surface area contributed by atoms with Crippen LogP contribution in [0.1, 0.15) is 32.6 Å². The van der Waals surface area contributed by atoms with Crippen LogP contribution in [0.25, 0.3) is 0 Å². The first-order chi connectivity index (χ1) is 7.97. The Balaban J connectivity index is 3.73. The van der Waals surface area contributed by atoms with E-state index in [1.165, 1.54) is 6.92 Å². The highest BCUT2D eigenvalue weighted by molar-refractivity contribution is 5.76. The van der Waals surface area contributed by atoms with Gasteiger partial charge in [0.15, 0.2) is 0 Å². The van der Waals surface area contributed by atoms with Crippen molar-refractivity contribution < 1.29 is 24.5 Å². The summed E-state index contributed by atoms with van der Waals surface area (Å²) < 4.78 is 0. The lowest BCUT2D eigenvalue weighted by atomic mass is 10.1. The molecule has 0 heterocycles. The van der Waals surface area contributed by atoms with Gasteiger partial charge in [0.1, 0.15) is 6.04 Å². The minimum atomic E-state index is -0.848. The standard InChI is InChI=1S/C10H20N2O5/c1-7(13)6-9(14)16-17-10(15)8(12)4-2-3-5-11/h7-8,13H,2-6,11-12H2,1H3. The fourth-order valence-electron chi connectivity index (χ4n) is 1.05. The maximum Gasteiger partial charge on any atom is 0.372 e. The van der Waals surface area contributed by atoms with Crippen LogP contribution in [0.3, 0.4) is 0 Å². The SMILES string of the molecule is CC(O)CC(=O)OOC(=O)C(N)CCCCN. The Morgan fingerprint density at radius 2 is 1.94 bits per heavy atom. The molecule has 0 aromatic heterocycles. The molecule has 17 heavy (non-hydrogen) atoms. The summed E-state index contributed by atoms with van der Waals surface area (Å²) in [5.41, 5.74) is 10.8. The lowest BCUT2D eigenvalue weighted by Crippen LogP contribution is -2.33. The first-order valence-electron chi connectivity index (χ1n) is 5.52. The van der Waals surface area contributed by atoms with Crippen molar-refractivity contribution >= 4 is 11.9 Å². The van der Waals surface area contributed by atoms with Crippen molar-refractivity contribution in [3.05, 3.63) is 0 Å². The van der Waals surface area contributed by atoms with Crippen LogP contribution in [-0.2, 0) is 19.4 Å². The van der Waals surface area contributed by atoms with E-state index in [9.17, 15) is 9.59 Å². The van der Waals surface area contributed by atoms with Gasteiger partial charge in [-0.3, -0.25) is 0 Å². The Morgan fingerprint density at radius 3 is 2.47 bits per heavy atom. The van der Waals surface area contributed by atoms with Gasteiger partial charge in [0.05, 0.1) is 12.5 Å². The van der Waals surface area contributed by atoms with E-state index >= 15 is 0 Å². The number of nitrogens with two attached hydrogens (primary N) is 2. The Kier molecular flexibility index (Phi) is 8.29. The van der Waals surface area contributed by atoms with E-state index in [-0.39, 0.29) is 6.42 Å². The van der Waals surface area contributed by atoms with E-state index < -0.39 is 24.1 Å². The number of carbonyl (C=O) groups excluding carboxylic acids is 2. The van der Waals surface area contributed by atoms with Crippen LogP contribution < -0.4 is 11.5 Å². The minimum absolute atomic E-state index is 0.240. The van der Waals surface area contributed by atoms with Crippen LogP contribution in [0.5, 0.6) is 0 Å². The molecule has 2 unspecified atom stereocenters. The fraction of sp³-hybridized carbons (Fsp3) is 0.800. The van der Waals surface area contributed by atoms with Crippen LogP contribution in [0.4, 0.5) is 0 Å². The Labute approximate surface area is 100.0 Å². The van der Waals surface area contributed by atoms with Crippen LogP contribution in [0, 0.1) is 0 Å². The van der Waals surface area contributed by atoms with Crippen LogP contribution >= 0.6 is 0 Å². The Morgan fingerprint density at radius 1 is 1.29 bits per heavy atom. The maximum absolute atomic E-state index is 11.2. The van der Waals surface area contributed by atoms with Gasteiger partial charge in [0, 0.05) is 0 Å². The van der Waals surface area contributed by atoms with E-state index in [1.54, 1.807) is 0 Å². The molecule has 7 nitrogen and oxygen atoms in total. The van der Waals surface area contributed by atoms with Gasteiger partial charge in [-0.05, 0) is 26.3 Å². The van der Waals surface area contributed by atoms with Crippen molar-refractivity contribution in [2.24, 2.45) is 11.5 Å². The molecule has 100 valence electrons. The number of hydrogen-bond acceptors (Lipinski definition) is 7. The summed E-state index contributed by atoms with van der Waals surface area (Å²) in [7, 11) is 0. The lowest BCUT2D eigenvalue weighted by molar-refractivity contribution is -0.261. The van der Waals surface area contributed by atoms with E-state index in [2.05, 4.69) is 9.78 Å². The summed E-state index contributed by atoms with van der Waals surface area (Å²) in [6, 6.07) is -0.833. The van der Waals surface area contributed by atoms with Gasteiger partial charge in [-0.1, -0.05) is 6.42 Å². The summed E-state index contributed by atoms with van der Waals surface area (Å²) in [6.07, 6.45) is 0.802. The Bertz CT molecular complexity index is 245. The van der Waals surface area contributed by atoms with Crippen LogP contribution in [0.15, 0.2) is 0 Å². The molecule has 5 N–H and O–H groups in total. The van der Waals surface area contributed by atoms with Crippen molar-refractivity contribution in [3.63, 3.8) is 0 Å². The van der Waals surface area contributed by atoms with Gasteiger partial charge >= 0.3 is 11.9 Å². The second kappa shape index (κ2) is 8.91. The molecule has 2 atom stereocenters. The highest BCUT2D eigenvalue weighted by Crippen LogP contribution is 2.01. The van der Waals surface area contributed by atoms with Crippen molar-refractivity contribution in [3.8, 4) is 0 Å². The topological polar surface area (TPSA) is 125 Å². The minimum Gasteiger partial charge on any atom is -0.393 e. The van der Waals surface area contributed by atoms with Crippen molar-refractivity contribution in [2.75, 3.05) is 6.54 Å². The molecular formula is C10H20N2O5. The molecule has 0 spiro atoms. The van der Waals surface area contributed by atoms with E-state index in [4.69, 9.17) is 16.6 Å². The number of rotatable bonds is 7. The molecule has 0 fully saturated rings. The number of unbranched alkanes of at least 4 members (excludes halogenated alkanes) is 1. The van der Waals surface area contributed by atoms with Gasteiger partial charge in [0.25, 0.3) is 0 Å². The average Bonchev–Trinajstić information content (AvgIpc) is 2.25. The van der Waals surface area contributed by atoms with Crippen molar-refractivity contribution in [1.82, 2.24) is 0 Å². The predicted octanol–water partition coefficient (Wildman–Crippen LogP) is -0.785. The smallest absolute Gasteiger partial charge is 0.372 e. The molecule has 0 aromatic carbocycles. The third-order valence-electron chi connectivity index (χ3n) is 1.95. The molecule has 0 aliphatic rings. The normalized spacial score (nSPS) is 13.9. The van der Waals surface area contributed by atoms with Crippen molar-refractivity contribution in [2.45, 2.75) is 44.8 Å². The van der Waals surface area contributed by atoms with Crippen LogP contribution in [0.2, 0.25) is 0 Å². The van der Waals surface area contributed by atoms with Gasteiger partial charge in [0.2, 0.25) is 0 Å². The zero-order valence-corrected chi connectivity index (χ0v) is 9.93. The van der Waals surface area contributed by atoms with Gasteiger partial charge in [-0.2, -0.15) is 0 Å². The highest BCUT2D eigenvalue weighted by atomic mass is 17.2. The number of carbonyl (C=O) groups is 2. The van der Waals surface area contributed by atoms with E-state index in [1.807, 2.05) is 0 Å². The molecule has 0 radical (unpaired) electrons. The molecule has 0 saturated heterocycles. The number of hydrogen-bond donors (Lipinski definition) is 3. The molecule has 0 bridgehead atoms. The predicted molar refractivity (Wildman–Crippen MR) is 59.4 cm³/mol. The van der Waals surface area contributed by atoms with Crippen LogP contribution in [-0.4, -0.2) is 35.7 Å². The summed E-state index contributed by atoms with van der Waals surface area (Å²) >= 11 is 0. The second-order valence-electron chi connectivity index (χ2n) is 3.80. The lowest BCUT2D eigenvalue weighted by Gasteiger charge is -2.09. The first-order valence-corrected chi connectivity index (χ1v) is 5.52. The molecule has 0 saturated carbocycles. The fourth-order valence-corrected chi connectivity index (χ4v) is 1.05. The van der Waals surface area contributed by atoms with E-state index in [0.717, 1.165) is 6.42 Å². The molecule has 0 amide bonds.